The Kier molecular flexibility index (Phi) is 6.86. The summed E-state index contributed by atoms with van der Waals surface area (Å²) >= 11 is 0. The van der Waals surface area contributed by atoms with Crippen molar-refractivity contribution in [3.63, 3.8) is 0 Å². The van der Waals surface area contributed by atoms with Gasteiger partial charge in [0.05, 0.1) is 10.5 Å². The maximum Gasteiger partial charge on any atom is 0.323 e. The number of carbonyl (C=O) groups is 1. The second kappa shape index (κ2) is 9.34. The highest BCUT2D eigenvalue weighted by Gasteiger charge is 2.20. The van der Waals surface area contributed by atoms with Crippen LogP contribution in [-0.4, -0.2) is 16.9 Å². The van der Waals surface area contributed by atoms with E-state index in [2.05, 4.69) is 11.9 Å². The summed E-state index contributed by atoms with van der Waals surface area (Å²) < 4.78 is 5.27. The lowest BCUT2D eigenvalue weighted by Crippen LogP contribution is -2.37. The molecule has 1 N–H and O–H groups in total. The Labute approximate surface area is 146 Å². The highest BCUT2D eigenvalue weighted by atomic mass is 16.6. The Morgan fingerprint density at radius 2 is 1.88 bits per heavy atom. The van der Waals surface area contributed by atoms with E-state index in [1.54, 1.807) is 24.3 Å². The van der Waals surface area contributed by atoms with Gasteiger partial charge in [-0.1, -0.05) is 48.5 Å². The smallest absolute Gasteiger partial charge is 0.323 e. The van der Waals surface area contributed by atoms with Crippen LogP contribution in [0.4, 0.5) is 5.69 Å². The molecule has 0 aromatic heterocycles. The van der Waals surface area contributed by atoms with Crippen molar-refractivity contribution in [2.24, 2.45) is 0 Å². The first kappa shape index (κ1) is 18.4. The second-order valence-electron chi connectivity index (χ2n) is 5.44. The minimum absolute atomic E-state index is 0.0622. The summed E-state index contributed by atoms with van der Waals surface area (Å²) in [5.41, 5.74) is 1.34. The number of nitrogens with zero attached hydrogens (tertiary/aromatic N) is 1. The lowest BCUT2D eigenvalue weighted by molar-refractivity contribution is -0.385. The molecule has 0 bridgehead atoms. The van der Waals surface area contributed by atoms with Crippen LogP contribution < -0.4 is 5.32 Å². The number of carbonyl (C=O) groups excluding carboxylic acids is 1. The van der Waals surface area contributed by atoms with Gasteiger partial charge in [0.1, 0.15) is 12.6 Å². The van der Waals surface area contributed by atoms with Gasteiger partial charge >= 0.3 is 5.97 Å². The molecule has 0 saturated heterocycles. The fourth-order valence-electron chi connectivity index (χ4n) is 2.33. The average Bonchev–Trinajstić information content (AvgIpc) is 2.64. The van der Waals surface area contributed by atoms with Crippen molar-refractivity contribution in [1.82, 2.24) is 5.32 Å². The van der Waals surface area contributed by atoms with Crippen molar-refractivity contribution in [3.05, 3.63) is 88.5 Å². The normalized spacial score (nSPS) is 11.5. The first-order chi connectivity index (χ1) is 12.1. The molecule has 25 heavy (non-hydrogen) atoms. The SMILES string of the molecule is C=CCC(NCc1ccccc1)C(=O)OCc1ccccc1[N+](=O)[O-]. The number of ether oxygens (including phenoxy) is 1. The summed E-state index contributed by atoms with van der Waals surface area (Å²) in [4.78, 5) is 22.8. The van der Waals surface area contributed by atoms with Crippen molar-refractivity contribution in [1.29, 1.82) is 0 Å². The van der Waals surface area contributed by atoms with Gasteiger partial charge in [0.15, 0.2) is 0 Å². The van der Waals surface area contributed by atoms with E-state index in [0.717, 1.165) is 5.56 Å². The number of rotatable bonds is 9. The Bertz CT molecular complexity index is 731. The Morgan fingerprint density at radius 1 is 1.20 bits per heavy atom. The number of nitrogens with one attached hydrogen (secondary N) is 1. The molecule has 0 saturated carbocycles. The topological polar surface area (TPSA) is 81.5 Å². The minimum Gasteiger partial charge on any atom is -0.459 e. The van der Waals surface area contributed by atoms with Crippen molar-refractivity contribution < 1.29 is 14.5 Å². The molecule has 0 aliphatic heterocycles. The number of nitro groups is 1. The molecule has 1 atom stereocenters. The van der Waals surface area contributed by atoms with Crippen molar-refractivity contribution in [2.75, 3.05) is 0 Å². The van der Waals surface area contributed by atoms with Crippen LogP contribution in [0.15, 0.2) is 67.3 Å². The van der Waals surface area contributed by atoms with Gasteiger partial charge in [-0.3, -0.25) is 14.9 Å². The van der Waals surface area contributed by atoms with E-state index in [9.17, 15) is 14.9 Å². The number of hydrogen-bond acceptors (Lipinski definition) is 5. The molecular formula is C19H20N2O4. The van der Waals surface area contributed by atoms with E-state index in [1.807, 2.05) is 30.3 Å². The van der Waals surface area contributed by atoms with Gasteiger partial charge in [-0.2, -0.15) is 0 Å². The van der Waals surface area contributed by atoms with Gasteiger partial charge in [-0.25, -0.2) is 0 Å². The molecule has 0 heterocycles. The maximum atomic E-state index is 12.3. The summed E-state index contributed by atoms with van der Waals surface area (Å²) in [6, 6.07) is 15.3. The molecule has 130 valence electrons. The molecule has 0 spiro atoms. The number of nitro benzene ring substituents is 1. The van der Waals surface area contributed by atoms with Gasteiger partial charge in [-0.05, 0) is 18.1 Å². The Balaban J connectivity index is 1.96. The van der Waals surface area contributed by atoms with Gasteiger partial charge < -0.3 is 10.1 Å². The zero-order valence-corrected chi connectivity index (χ0v) is 13.8. The summed E-state index contributed by atoms with van der Waals surface area (Å²) in [7, 11) is 0. The number of hydrogen-bond donors (Lipinski definition) is 1. The lowest BCUT2D eigenvalue weighted by atomic mass is 10.1. The molecule has 2 aromatic carbocycles. The number of esters is 1. The molecular weight excluding hydrogens is 320 g/mol. The zero-order chi connectivity index (χ0) is 18.1. The van der Waals surface area contributed by atoms with Gasteiger partial charge in [0, 0.05) is 12.6 Å². The molecule has 0 radical (unpaired) electrons. The molecule has 2 aromatic rings. The third-order valence-electron chi connectivity index (χ3n) is 3.64. The molecule has 0 fully saturated rings. The Morgan fingerprint density at radius 3 is 2.56 bits per heavy atom. The van der Waals surface area contributed by atoms with Crippen LogP contribution in [0, 0.1) is 10.1 Å². The second-order valence-corrected chi connectivity index (χ2v) is 5.44. The van der Waals surface area contributed by atoms with Crippen LogP contribution in [0.1, 0.15) is 17.5 Å². The van der Waals surface area contributed by atoms with Gasteiger partial charge in [0.25, 0.3) is 5.69 Å². The van der Waals surface area contributed by atoms with Crippen LogP contribution in [0.2, 0.25) is 0 Å². The minimum atomic E-state index is -0.555. The van der Waals surface area contributed by atoms with E-state index in [1.165, 1.54) is 6.07 Å². The monoisotopic (exact) mass is 340 g/mol. The summed E-state index contributed by atoms with van der Waals surface area (Å²) in [6.07, 6.45) is 2.04. The fraction of sp³-hybridized carbons (Fsp3) is 0.211. The standard InChI is InChI=1S/C19H20N2O4/c1-2-8-17(20-13-15-9-4-3-5-10-15)19(22)25-14-16-11-6-7-12-18(16)21(23)24/h2-7,9-12,17,20H,1,8,13-14H2. The van der Waals surface area contributed by atoms with Crippen LogP contribution >= 0.6 is 0 Å². The molecule has 0 aliphatic rings. The first-order valence-corrected chi connectivity index (χ1v) is 7.89. The van der Waals surface area contributed by atoms with E-state index in [0.29, 0.717) is 18.5 Å². The van der Waals surface area contributed by atoms with Gasteiger partial charge in [0.2, 0.25) is 0 Å². The molecule has 6 heteroatoms. The third-order valence-corrected chi connectivity index (χ3v) is 3.64. The summed E-state index contributed by atoms with van der Waals surface area (Å²) in [6.45, 7) is 4.03. The number of para-hydroxylation sites is 1. The molecule has 6 nitrogen and oxygen atoms in total. The molecule has 1 unspecified atom stereocenters. The largest absolute Gasteiger partial charge is 0.459 e. The summed E-state index contributed by atoms with van der Waals surface area (Å²) in [5.74, 6) is -0.464. The maximum absolute atomic E-state index is 12.3. The average molecular weight is 340 g/mol. The van der Waals surface area contributed by atoms with Crippen molar-refractivity contribution in [3.8, 4) is 0 Å². The van der Waals surface area contributed by atoms with Crippen LogP contribution in [-0.2, 0) is 22.7 Å². The molecule has 0 aliphatic carbocycles. The zero-order valence-electron chi connectivity index (χ0n) is 13.8. The predicted octanol–water partition coefficient (Wildman–Crippen LogP) is 3.37. The first-order valence-electron chi connectivity index (χ1n) is 7.89. The quantitative estimate of drug-likeness (QED) is 0.327. The van der Waals surface area contributed by atoms with Crippen molar-refractivity contribution >= 4 is 11.7 Å². The van der Waals surface area contributed by atoms with E-state index in [4.69, 9.17) is 4.74 Å². The lowest BCUT2D eigenvalue weighted by Gasteiger charge is -2.16. The number of benzene rings is 2. The highest BCUT2D eigenvalue weighted by molar-refractivity contribution is 5.76. The van der Waals surface area contributed by atoms with E-state index < -0.39 is 16.9 Å². The van der Waals surface area contributed by atoms with E-state index in [-0.39, 0.29) is 12.3 Å². The van der Waals surface area contributed by atoms with Crippen LogP contribution in [0.5, 0.6) is 0 Å². The van der Waals surface area contributed by atoms with Crippen LogP contribution in [0.25, 0.3) is 0 Å². The van der Waals surface area contributed by atoms with E-state index >= 15 is 0 Å². The fourth-order valence-corrected chi connectivity index (χ4v) is 2.33. The molecule has 2 rings (SSSR count). The predicted molar refractivity (Wildman–Crippen MR) is 94.8 cm³/mol. The molecule has 0 amide bonds. The highest BCUT2D eigenvalue weighted by Crippen LogP contribution is 2.18. The van der Waals surface area contributed by atoms with Crippen molar-refractivity contribution in [2.45, 2.75) is 25.6 Å². The summed E-state index contributed by atoms with van der Waals surface area (Å²) in [5, 5.41) is 14.1. The van der Waals surface area contributed by atoms with Crippen LogP contribution in [0.3, 0.4) is 0 Å². The van der Waals surface area contributed by atoms with Gasteiger partial charge in [-0.15, -0.1) is 6.58 Å². The Hall–Kier alpha value is -2.99. The third kappa shape index (κ3) is 5.54.